The normalized spacial score (nSPS) is 10.4. The first-order valence-electron chi connectivity index (χ1n) is 5.66. The van der Waals surface area contributed by atoms with E-state index in [-0.39, 0.29) is 0 Å². The summed E-state index contributed by atoms with van der Waals surface area (Å²) in [6.07, 6.45) is 2.23. The van der Waals surface area contributed by atoms with Gasteiger partial charge in [0.25, 0.3) is 0 Å². The van der Waals surface area contributed by atoms with Crippen molar-refractivity contribution >= 4 is 11.5 Å². The van der Waals surface area contributed by atoms with Crippen LogP contribution in [0.2, 0.25) is 0 Å². The quantitative estimate of drug-likeness (QED) is 0.832. The highest BCUT2D eigenvalue weighted by Crippen LogP contribution is 2.17. The molecule has 0 fully saturated rings. The molecule has 19 heavy (non-hydrogen) atoms. The third-order valence-corrected chi connectivity index (χ3v) is 2.08. The first-order valence-corrected chi connectivity index (χ1v) is 5.66. The third kappa shape index (κ3) is 7.92. The standard InChI is InChI=1S/C10H17N3.C3HF3/c1-7(2)4-8-5-9(12-3)6-13-10(8)11;1-2-3(4,5)6/h5-7,12H,4H2,1-3H3,(H2,11,13);1H. The van der Waals surface area contributed by atoms with Gasteiger partial charge in [0, 0.05) is 13.0 Å². The lowest BCUT2D eigenvalue weighted by atomic mass is 10.0. The fourth-order valence-electron chi connectivity index (χ4n) is 1.26. The van der Waals surface area contributed by atoms with Gasteiger partial charge in [-0.2, -0.15) is 13.2 Å². The zero-order valence-corrected chi connectivity index (χ0v) is 11.2. The van der Waals surface area contributed by atoms with Crippen molar-refractivity contribution in [3.05, 3.63) is 17.8 Å². The van der Waals surface area contributed by atoms with Crippen LogP contribution in [0.1, 0.15) is 19.4 Å². The number of alkyl halides is 3. The summed E-state index contributed by atoms with van der Waals surface area (Å²) in [5, 5.41) is 3.05. The summed E-state index contributed by atoms with van der Waals surface area (Å²) in [4.78, 5) is 4.12. The van der Waals surface area contributed by atoms with E-state index in [1.807, 2.05) is 7.05 Å². The number of anilines is 2. The molecule has 0 amide bonds. The summed E-state index contributed by atoms with van der Waals surface area (Å²) in [5.41, 5.74) is 7.90. The van der Waals surface area contributed by atoms with Crippen molar-refractivity contribution < 1.29 is 13.2 Å². The number of aromatic nitrogens is 1. The largest absolute Gasteiger partial charge is 0.457 e. The van der Waals surface area contributed by atoms with Crippen LogP contribution in [-0.4, -0.2) is 18.2 Å². The van der Waals surface area contributed by atoms with Crippen molar-refractivity contribution in [3.63, 3.8) is 0 Å². The van der Waals surface area contributed by atoms with Crippen LogP contribution in [0.4, 0.5) is 24.7 Å². The number of pyridine rings is 1. The maximum atomic E-state index is 10.5. The number of nitrogen functional groups attached to an aromatic ring is 1. The monoisotopic (exact) mass is 273 g/mol. The molecule has 0 aromatic carbocycles. The van der Waals surface area contributed by atoms with Crippen molar-refractivity contribution in [1.82, 2.24) is 4.98 Å². The van der Waals surface area contributed by atoms with E-state index in [1.165, 1.54) is 0 Å². The van der Waals surface area contributed by atoms with Gasteiger partial charge in [0.15, 0.2) is 0 Å². The van der Waals surface area contributed by atoms with Crippen LogP contribution in [0.3, 0.4) is 0 Å². The maximum absolute atomic E-state index is 10.5. The van der Waals surface area contributed by atoms with E-state index < -0.39 is 6.18 Å². The topological polar surface area (TPSA) is 50.9 Å². The molecule has 0 aliphatic heterocycles. The molecule has 3 N–H and O–H groups in total. The van der Waals surface area contributed by atoms with Crippen molar-refractivity contribution in [2.24, 2.45) is 5.92 Å². The molecule has 0 spiro atoms. The highest BCUT2D eigenvalue weighted by atomic mass is 19.4. The Bertz CT molecular complexity index is 434. The van der Waals surface area contributed by atoms with E-state index >= 15 is 0 Å². The number of terminal acetylenes is 1. The van der Waals surface area contributed by atoms with E-state index in [9.17, 15) is 13.2 Å². The van der Waals surface area contributed by atoms with Crippen LogP contribution in [0.15, 0.2) is 12.3 Å². The SMILES string of the molecule is C#CC(F)(F)F.CNc1cnc(N)c(CC(C)C)c1. The molecule has 6 heteroatoms. The lowest BCUT2D eigenvalue weighted by molar-refractivity contribution is -0.0695. The number of hydrogen-bond acceptors (Lipinski definition) is 3. The number of nitrogens with one attached hydrogen (secondary N) is 1. The molecule has 0 saturated heterocycles. The number of rotatable bonds is 3. The van der Waals surface area contributed by atoms with Crippen LogP contribution < -0.4 is 11.1 Å². The summed E-state index contributed by atoms with van der Waals surface area (Å²) >= 11 is 0. The van der Waals surface area contributed by atoms with Gasteiger partial charge in [-0.3, -0.25) is 0 Å². The molecule has 0 saturated carbocycles. The lowest BCUT2D eigenvalue weighted by Crippen LogP contribution is -2.03. The molecule has 1 aromatic rings. The molecular formula is C13H18F3N3. The van der Waals surface area contributed by atoms with Crippen LogP contribution in [0, 0.1) is 18.3 Å². The Morgan fingerprint density at radius 3 is 2.37 bits per heavy atom. The second-order valence-corrected chi connectivity index (χ2v) is 4.26. The first-order chi connectivity index (χ1) is 8.69. The minimum atomic E-state index is -4.43. The fourth-order valence-corrected chi connectivity index (χ4v) is 1.26. The van der Waals surface area contributed by atoms with Gasteiger partial charge in [0.2, 0.25) is 0 Å². The Balaban J connectivity index is 0.000000459. The molecule has 106 valence electrons. The molecule has 0 aliphatic rings. The second kappa shape index (κ2) is 7.52. The molecule has 0 unspecified atom stereocenters. The van der Waals surface area contributed by atoms with E-state index in [1.54, 1.807) is 6.20 Å². The van der Waals surface area contributed by atoms with Crippen LogP contribution in [0.25, 0.3) is 0 Å². The van der Waals surface area contributed by atoms with Crippen LogP contribution in [0.5, 0.6) is 0 Å². The van der Waals surface area contributed by atoms with Crippen molar-refractivity contribution in [3.8, 4) is 12.3 Å². The molecule has 0 radical (unpaired) electrons. The number of halogens is 3. The van der Waals surface area contributed by atoms with Gasteiger partial charge in [-0.25, -0.2) is 4.98 Å². The predicted octanol–water partition coefficient (Wildman–Crippen LogP) is 3.09. The molecule has 0 bridgehead atoms. The maximum Gasteiger partial charge on any atom is 0.457 e. The molecule has 1 aromatic heterocycles. The van der Waals surface area contributed by atoms with Gasteiger partial charge in [-0.15, -0.1) is 6.42 Å². The lowest BCUT2D eigenvalue weighted by Gasteiger charge is -2.09. The van der Waals surface area contributed by atoms with E-state index in [2.05, 4.69) is 36.6 Å². The zero-order chi connectivity index (χ0) is 15.1. The third-order valence-electron chi connectivity index (χ3n) is 2.08. The summed E-state index contributed by atoms with van der Waals surface area (Å²) in [7, 11) is 1.88. The van der Waals surface area contributed by atoms with Crippen molar-refractivity contribution in [1.29, 1.82) is 0 Å². The van der Waals surface area contributed by atoms with Crippen LogP contribution >= 0.6 is 0 Å². The van der Waals surface area contributed by atoms with E-state index in [0.717, 1.165) is 17.7 Å². The molecule has 3 nitrogen and oxygen atoms in total. The molecule has 0 aliphatic carbocycles. The van der Waals surface area contributed by atoms with Crippen LogP contribution in [-0.2, 0) is 6.42 Å². The minimum Gasteiger partial charge on any atom is -0.387 e. The Morgan fingerprint density at radius 2 is 2.00 bits per heavy atom. The van der Waals surface area contributed by atoms with E-state index in [4.69, 9.17) is 5.73 Å². The van der Waals surface area contributed by atoms with Crippen molar-refractivity contribution in [2.45, 2.75) is 26.4 Å². The summed E-state index contributed by atoms with van der Waals surface area (Å²) in [6, 6.07) is 2.06. The average molecular weight is 273 g/mol. The Hall–Kier alpha value is -1.90. The Morgan fingerprint density at radius 1 is 1.47 bits per heavy atom. The highest BCUT2D eigenvalue weighted by molar-refractivity contribution is 5.51. The number of hydrogen-bond donors (Lipinski definition) is 2. The number of nitrogens with zero attached hydrogens (tertiary/aromatic N) is 1. The molecule has 1 rings (SSSR count). The van der Waals surface area contributed by atoms with Crippen molar-refractivity contribution in [2.75, 3.05) is 18.1 Å². The molecule has 0 atom stereocenters. The van der Waals surface area contributed by atoms with Gasteiger partial charge >= 0.3 is 6.18 Å². The fraction of sp³-hybridized carbons (Fsp3) is 0.462. The Labute approximate surface area is 111 Å². The predicted molar refractivity (Wildman–Crippen MR) is 71.6 cm³/mol. The second-order valence-electron chi connectivity index (χ2n) is 4.26. The van der Waals surface area contributed by atoms with Gasteiger partial charge < -0.3 is 11.1 Å². The summed E-state index contributed by atoms with van der Waals surface area (Å²) < 4.78 is 31.6. The molecule has 1 heterocycles. The summed E-state index contributed by atoms with van der Waals surface area (Å²) in [5.74, 6) is 1.86. The minimum absolute atomic E-state index is 0.604. The smallest absolute Gasteiger partial charge is 0.387 e. The van der Waals surface area contributed by atoms with Gasteiger partial charge in [-0.1, -0.05) is 13.8 Å². The van der Waals surface area contributed by atoms with E-state index in [0.29, 0.717) is 17.7 Å². The zero-order valence-electron chi connectivity index (χ0n) is 11.2. The summed E-state index contributed by atoms with van der Waals surface area (Å²) in [6.45, 7) is 4.34. The van der Waals surface area contributed by atoms with Gasteiger partial charge in [-0.05, 0) is 24.0 Å². The van der Waals surface area contributed by atoms with Gasteiger partial charge in [0.05, 0.1) is 11.9 Å². The number of nitrogens with two attached hydrogens (primary N) is 1. The Kier molecular flexibility index (Phi) is 6.76. The highest BCUT2D eigenvalue weighted by Gasteiger charge is 2.21. The van der Waals surface area contributed by atoms with Gasteiger partial charge in [0.1, 0.15) is 5.82 Å². The molecular weight excluding hydrogens is 255 g/mol. The average Bonchev–Trinajstić information content (AvgIpc) is 2.31. The first kappa shape index (κ1) is 17.1.